The molecule has 1 aromatic rings. The number of carbonyl (C=O) groups is 2. The van der Waals surface area contributed by atoms with Crippen LogP contribution in [0.5, 0.6) is 0 Å². The first-order valence-electron chi connectivity index (χ1n) is 6.45. The Kier molecular flexibility index (Phi) is 7.27. The van der Waals surface area contributed by atoms with E-state index in [-0.39, 0.29) is 18.1 Å². The first-order valence-corrected chi connectivity index (χ1v) is 6.45. The summed E-state index contributed by atoms with van der Waals surface area (Å²) >= 11 is 0. The Balaban J connectivity index is 2.21. The first-order chi connectivity index (χ1) is 10.0. The topological polar surface area (TPSA) is 110 Å². The number of ether oxygens (including phenoxy) is 2. The van der Waals surface area contributed by atoms with E-state index in [0.29, 0.717) is 37.9 Å². The van der Waals surface area contributed by atoms with Crippen molar-refractivity contribution in [2.24, 2.45) is 0 Å². The van der Waals surface area contributed by atoms with Crippen LogP contribution in [0.1, 0.15) is 21.9 Å². The summed E-state index contributed by atoms with van der Waals surface area (Å²) < 4.78 is 15.2. The van der Waals surface area contributed by atoms with Gasteiger partial charge in [-0.25, -0.2) is 9.59 Å². The van der Waals surface area contributed by atoms with Gasteiger partial charge in [-0.05, 0) is 13.0 Å². The Morgan fingerprint density at radius 2 is 2.05 bits per heavy atom. The smallest absolute Gasteiger partial charge is 0.339 e. The van der Waals surface area contributed by atoms with Gasteiger partial charge in [-0.3, -0.25) is 0 Å². The molecule has 21 heavy (non-hydrogen) atoms. The number of rotatable bonds is 9. The van der Waals surface area contributed by atoms with Crippen LogP contribution in [0.25, 0.3) is 0 Å². The average Bonchev–Trinajstić information content (AvgIpc) is 2.82. The molecule has 0 bridgehead atoms. The molecule has 1 rings (SSSR count). The van der Waals surface area contributed by atoms with Gasteiger partial charge in [0.25, 0.3) is 0 Å². The van der Waals surface area contributed by atoms with Gasteiger partial charge in [-0.2, -0.15) is 0 Å². The van der Waals surface area contributed by atoms with E-state index < -0.39 is 5.97 Å². The largest absolute Gasteiger partial charge is 0.478 e. The van der Waals surface area contributed by atoms with Crippen LogP contribution in [0.4, 0.5) is 4.79 Å². The Morgan fingerprint density at radius 3 is 2.67 bits per heavy atom. The number of aromatic carboxylic acids is 1. The Labute approximate surface area is 122 Å². The van der Waals surface area contributed by atoms with E-state index in [9.17, 15) is 9.59 Å². The molecule has 0 fully saturated rings. The number of carboxylic acid groups (broad SMARTS) is 1. The highest BCUT2D eigenvalue weighted by atomic mass is 16.5. The number of hydrogen-bond acceptors (Lipinski definition) is 5. The molecule has 3 N–H and O–H groups in total. The summed E-state index contributed by atoms with van der Waals surface area (Å²) in [7, 11) is 1.58. The van der Waals surface area contributed by atoms with Gasteiger partial charge in [-0.1, -0.05) is 0 Å². The lowest BCUT2D eigenvalue weighted by Gasteiger charge is -2.07. The quantitative estimate of drug-likeness (QED) is 0.580. The summed E-state index contributed by atoms with van der Waals surface area (Å²) in [6.45, 7) is 3.42. The van der Waals surface area contributed by atoms with E-state index in [1.54, 1.807) is 14.0 Å². The highest BCUT2D eigenvalue weighted by Gasteiger charge is 2.13. The Hall–Kier alpha value is -2.06. The molecule has 1 aromatic heterocycles. The van der Waals surface area contributed by atoms with Gasteiger partial charge < -0.3 is 29.6 Å². The first kappa shape index (κ1) is 17.0. The zero-order chi connectivity index (χ0) is 15.7. The molecule has 0 spiro atoms. The lowest BCUT2D eigenvalue weighted by atomic mass is 10.2. The fourth-order valence-electron chi connectivity index (χ4n) is 1.55. The molecule has 0 aliphatic carbocycles. The van der Waals surface area contributed by atoms with Gasteiger partial charge in [0, 0.05) is 13.7 Å². The molecule has 0 atom stereocenters. The maximum absolute atomic E-state index is 11.5. The molecule has 0 unspecified atom stereocenters. The number of carbonyl (C=O) groups excluding carboxylic acids is 1. The van der Waals surface area contributed by atoms with Crippen molar-refractivity contribution in [1.29, 1.82) is 0 Å². The van der Waals surface area contributed by atoms with Crippen LogP contribution in [0.15, 0.2) is 10.5 Å². The van der Waals surface area contributed by atoms with Crippen LogP contribution in [-0.2, 0) is 16.0 Å². The highest BCUT2D eigenvalue weighted by molar-refractivity contribution is 5.88. The zero-order valence-corrected chi connectivity index (χ0v) is 12.1. The summed E-state index contributed by atoms with van der Waals surface area (Å²) in [5, 5.41) is 14.0. The molecule has 8 heteroatoms. The second-order valence-electron chi connectivity index (χ2n) is 4.20. The molecular formula is C13H20N2O6. The third kappa shape index (κ3) is 6.28. The number of hydrogen-bond donors (Lipinski definition) is 3. The van der Waals surface area contributed by atoms with Crippen LogP contribution in [0.2, 0.25) is 0 Å². The Bertz CT molecular complexity index is 471. The number of carboxylic acids is 1. The monoisotopic (exact) mass is 300 g/mol. The lowest BCUT2D eigenvalue weighted by Crippen LogP contribution is -2.36. The highest BCUT2D eigenvalue weighted by Crippen LogP contribution is 2.14. The molecule has 0 aliphatic heterocycles. The average molecular weight is 300 g/mol. The third-order valence-electron chi connectivity index (χ3n) is 2.59. The lowest BCUT2D eigenvalue weighted by molar-refractivity contribution is 0.0695. The molecule has 2 amide bonds. The van der Waals surface area contributed by atoms with E-state index >= 15 is 0 Å². The second-order valence-corrected chi connectivity index (χ2v) is 4.20. The van der Waals surface area contributed by atoms with Crippen LogP contribution in [-0.4, -0.2) is 50.6 Å². The molecule has 0 saturated heterocycles. The minimum absolute atomic E-state index is 0.0961. The number of amides is 2. The van der Waals surface area contributed by atoms with E-state index in [0.717, 1.165) is 0 Å². The minimum Gasteiger partial charge on any atom is -0.478 e. The van der Waals surface area contributed by atoms with Gasteiger partial charge in [0.1, 0.15) is 17.1 Å². The van der Waals surface area contributed by atoms with Crippen molar-refractivity contribution in [1.82, 2.24) is 10.6 Å². The molecule has 0 radical (unpaired) electrons. The summed E-state index contributed by atoms with van der Waals surface area (Å²) in [4.78, 5) is 22.3. The molecule has 118 valence electrons. The fourth-order valence-corrected chi connectivity index (χ4v) is 1.55. The van der Waals surface area contributed by atoms with E-state index in [2.05, 4.69) is 10.6 Å². The third-order valence-corrected chi connectivity index (χ3v) is 2.59. The number of nitrogens with one attached hydrogen (secondary N) is 2. The van der Waals surface area contributed by atoms with E-state index in [1.807, 2.05) is 0 Å². The van der Waals surface area contributed by atoms with Crippen LogP contribution in [0.3, 0.4) is 0 Å². The predicted molar refractivity (Wildman–Crippen MR) is 73.3 cm³/mol. The minimum atomic E-state index is -1.06. The Morgan fingerprint density at radius 1 is 1.29 bits per heavy atom. The number of methoxy groups -OCH3 is 1. The maximum Gasteiger partial charge on any atom is 0.339 e. The molecular weight excluding hydrogens is 280 g/mol. The summed E-state index contributed by atoms with van der Waals surface area (Å²) in [6, 6.07) is 1.02. The van der Waals surface area contributed by atoms with E-state index in [4.69, 9.17) is 19.0 Å². The van der Waals surface area contributed by atoms with Gasteiger partial charge in [0.2, 0.25) is 0 Å². The molecule has 0 aliphatic rings. The maximum atomic E-state index is 11.5. The zero-order valence-electron chi connectivity index (χ0n) is 12.1. The SMILES string of the molecule is COCCOCCNC(=O)NCc1cc(C(=O)O)c(C)o1. The van der Waals surface area contributed by atoms with Gasteiger partial charge in [0.15, 0.2) is 0 Å². The molecule has 0 saturated carbocycles. The number of aryl methyl sites for hydroxylation is 1. The van der Waals surface area contributed by atoms with E-state index in [1.165, 1.54) is 6.07 Å². The van der Waals surface area contributed by atoms with Crippen LogP contribution < -0.4 is 10.6 Å². The van der Waals surface area contributed by atoms with Gasteiger partial charge in [-0.15, -0.1) is 0 Å². The number of urea groups is 1. The summed E-state index contributed by atoms with van der Waals surface area (Å²) in [6.07, 6.45) is 0. The van der Waals surface area contributed by atoms with Gasteiger partial charge >= 0.3 is 12.0 Å². The predicted octanol–water partition coefficient (Wildman–Crippen LogP) is 0.748. The van der Waals surface area contributed by atoms with Crippen molar-refractivity contribution in [3.05, 3.63) is 23.2 Å². The van der Waals surface area contributed by atoms with Crippen molar-refractivity contribution < 1.29 is 28.6 Å². The number of furan rings is 1. The van der Waals surface area contributed by atoms with Crippen LogP contribution >= 0.6 is 0 Å². The van der Waals surface area contributed by atoms with Crippen LogP contribution in [0, 0.1) is 6.92 Å². The molecule has 0 aromatic carbocycles. The fraction of sp³-hybridized carbons (Fsp3) is 0.538. The van der Waals surface area contributed by atoms with Crippen molar-refractivity contribution in [2.75, 3.05) is 33.5 Å². The standard InChI is InChI=1S/C13H20N2O6/c1-9-11(12(16)17)7-10(21-9)8-15-13(18)14-3-4-20-6-5-19-2/h7H,3-6,8H2,1-2H3,(H,16,17)(H2,14,15,18). The normalized spacial score (nSPS) is 10.4. The second kappa shape index (κ2) is 8.98. The molecule has 1 heterocycles. The van der Waals surface area contributed by atoms with Gasteiger partial charge in [0.05, 0.1) is 26.4 Å². The summed E-state index contributed by atoms with van der Waals surface area (Å²) in [5.41, 5.74) is 0.0961. The summed E-state index contributed by atoms with van der Waals surface area (Å²) in [5.74, 6) is -0.359. The van der Waals surface area contributed by atoms with Crippen molar-refractivity contribution in [2.45, 2.75) is 13.5 Å². The van der Waals surface area contributed by atoms with Crippen molar-refractivity contribution >= 4 is 12.0 Å². The van der Waals surface area contributed by atoms with Crippen molar-refractivity contribution in [3.8, 4) is 0 Å². The van der Waals surface area contributed by atoms with Crippen molar-refractivity contribution in [3.63, 3.8) is 0 Å². The molecule has 8 nitrogen and oxygen atoms in total.